The standard InChI is InChI=1S/C19H19I2N5O6S/c1-25(19(29)15-17(28)13(27)8-22-23-15)10-14(32-33(2,30)31)16(11-6-4-3-5-7-11)26-9-12(20)18(21)24-26/h3-9,14,16H,10H2,1-2H3,(H,22,28)(H,23,27). The van der Waals surface area contributed by atoms with E-state index in [-0.39, 0.29) is 6.54 Å². The van der Waals surface area contributed by atoms with Gasteiger partial charge in [-0.2, -0.15) is 18.6 Å². The Morgan fingerprint density at radius 1 is 1.30 bits per heavy atom. The number of nitrogens with one attached hydrogen (secondary N) is 1. The number of rotatable bonds is 8. The van der Waals surface area contributed by atoms with Gasteiger partial charge in [0.1, 0.15) is 15.8 Å². The molecule has 33 heavy (non-hydrogen) atoms. The maximum atomic E-state index is 12.9. The second-order valence-electron chi connectivity index (χ2n) is 7.09. The van der Waals surface area contributed by atoms with E-state index in [0.29, 0.717) is 5.56 Å². The molecule has 2 heterocycles. The molecule has 0 saturated carbocycles. The van der Waals surface area contributed by atoms with Gasteiger partial charge in [-0.05, 0) is 50.7 Å². The predicted molar refractivity (Wildman–Crippen MR) is 135 cm³/mol. The topological polar surface area (TPSA) is 147 Å². The van der Waals surface area contributed by atoms with Crippen LogP contribution in [0.5, 0.6) is 5.75 Å². The molecule has 3 rings (SSSR count). The van der Waals surface area contributed by atoms with Crippen LogP contribution in [0.2, 0.25) is 0 Å². The van der Waals surface area contributed by atoms with Crippen molar-refractivity contribution < 1.29 is 22.5 Å². The molecule has 176 valence electrons. The normalized spacial score (nSPS) is 13.5. The maximum absolute atomic E-state index is 12.9. The van der Waals surface area contributed by atoms with E-state index in [2.05, 4.69) is 60.5 Å². The summed E-state index contributed by atoms with van der Waals surface area (Å²) >= 11 is 4.19. The van der Waals surface area contributed by atoms with Crippen LogP contribution in [-0.2, 0) is 14.3 Å². The first kappa shape index (κ1) is 25.6. The van der Waals surface area contributed by atoms with E-state index in [1.807, 2.05) is 6.07 Å². The Balaban J connectivity index is 2.04. The zero-order valence-corrected chi connectivity index (χ0v) is 22.5. The Morgan fingerprint density at radius 3 is 2.55 bits per heavy atom. The summed E-state index contributed by atoms with van der Waals surface area (Å²) in [4.78, 5) is 25.7. The van der Waals surface area contributed by atoms with Crippen LogP contribution in [0.1, 0.15) is 22.1 Å². The highest BCUT2D eigenvalue weighted by Gasteiger charge is 2.33. The second kappa shape index (κ2) is 10.5. The van der Waals surface area contributed by atoms with Crippen LogP contribution in [0.3, 0.4) is 0 Å². The van der Waals surface area contributed by atoms with Gasteiger partial charge in [0.15, 0.2) is 11.4 Å². The van der Waals surface area contributed by atoms with Crippen LogP contribution in [0.15, 0.2) is 47.5 Å². The number of aromatic nitrogens is 4. The SMILES string of the molecule is CN(CC(OS(C)(=O)=O)C(c1ccccc1)n1cc(I)c(I)n1)C(=O)c1[nH]ncc(=O)c1O. The van der Waals surface area contributed by atoms with Crippen molar-refractivity contribution in [2.24, 2.45) is 0 Å². The van der Waals surface area contributed by atoms with E-state index in [4.69, 9.17) is 4.18 Å². The molecule has 0 spiro atoms. The average Bonchev–Trinajstić information content (AvgIpc) is 3.07. The third-order valence-electron chi connectivity index (χ3n) is 4.57. The van der Waals surface area contributed by atoms with Crippen molar-refractivity contribution in [1.29, 1.82) is 0 Å². The van der Waals surface area contributed by atoms with Crippen molar-refractivity contribution in [3.8, 4) is 5.75 Å². The van der Waals surface area contributed by atoms with Crippen molar-refractivity contribution in [1.82, 2.24) is 24.9 Å². The quantitative estimate of drug-likeness (QED) is 0.266. The van der Waals surface area contributed by atoms with E-state index in [1.165, 1.54) is 7.05 Å². The molecule has 3 aromatic rings. The zero-order valence-electron chi connectivity index (χ0n) is 17.3. The number of H-pyrrole nitrogens is 1. The Hall–Kier alpha value is -2.05. The molecule has 0 aliphatic carbocycles. The zero-order chi connectivity index (χ0) is 24.3. The summed E-state index contributed by atoms with van der Waals surface area (Å²) in [5.74, 6) is -1.55. The third-order valence-corrected chi connectivity index (χ3v) is 7.78. The first-order valence-electron chi connectivity index (χ1n) is 9.33. The van der Waals surface area contributed by atoms with Crippen molar-refractivity contribution in [3.05, 3.63) is 71.5 Å². The van der Waals surface area contributed by atoms with E-state index < -0.39 is 45.0 Å². The number of carbonyl (C=O) groups excluding carboxylic acids is 1. The minimum absolute atomic E-state index is 0.213. The highest BCUT2D eigenvalue weighted by atomic mass is 127. The molecule has 2 atom stereocenters. The van der Waals surface area contributed by atoms with E-state index >= 15 is 0 Å². The van der Waals surface area contributed by atoms with Gasteiger partial charge in [-0.3, -0.25) is 23.6 Å². The van der Waals surface area contributed by atoms with Crippen LogP contribution in [-0.4, -0.2) is 70.3 Å². The molecular weight excluding hydrogens is 680 g/mol. The minimum Gasteiger partial charge on any atom is -0.502 e. The van der Waals surface area contributed by atoms with Crippen molar-refractivity contribution in [2.75, 3.05) is 19.8 Å². The number of benzene rings is 1. The number of amides is 1. The Kier molecular flexibility index (Phi) is 8.12. The van der Waals surface area contributed by atoms with Gasteiger partial charge in [-0.25, -0.2) is 0 Å². The van der Waals surface area contributed by atoms with Gasteiger partial charge in [-0.15, -0.1) is 0 Å². The van der Waals surface area contributed by atoms with Crippen LogP contribution in [0.25, 0.3) is 0 Å². The monoisotopic (exact) mass is 699 g/mol. The number of nitrogens with zero attached hydrogens (tertiary/aromatic N) is 4. The largest absolute Gasteiger partial charge is 0.502 e. The summed E-state index contributed by atoms with van der Waals surface area (Å²) in [6.45, 7) is -0.213. The molecule has 0 fully saturated rings. The smallest absolute Gasteiger partial charge is 0.275 e. The summed E-state index contributed by atoms with van der Waals surface area (Å²) in [5.41, 5.74) is -0.528. The molecule has 14 heteroatoms. The Morgan fingerprint density at radius 2 is 1.97 bits per heavy atom. The lowest BCUT2D eigenvalue weighted by Gasteiger charge is -2.30. The first-order valence-corrected chi connectivity index (χ1v) is 13.3. The molecular formula is C19H19I2N5O6S. The van der Waals surface area contributed by atoms with Crippen LogP contribution >= 0.6 is 45.2 Å². The number of carbonyl (C=O) groups is 1. The number of aromatic hydroxyl groups is 1. The van der Waals surface area contributed by atoms with Crippen LogP contribution in [0.4, 0.5) is 0 Å². The molecule has 2 aromatic heterocycles. The van der Waals surface area contributed by atoms with Crippen molar-refractivity contribution in [3.63, 3.8) is 0 Å². The highest BCUT2D eigenvalue weighted by Crippen LogP contribution is 2.28. The summed E-state index contributed by atoms with van der Waals surface area (Å²) in [5, 5.41) is 20.3. The average molecular weight is 699 g/mol. The molecule has 2 N–H and O–H groups in total. The van der Waals surface area contributed by atoms with Gasteiger partial charge < -0.3 is 10.0 Å². The minimum atomic E-state index is -3.94. The lowest BCUT2D eigenvalue weighted by Crippen LogP contribution is -2.42. The number of aromatic amines is 1. The Labute approximate surface area is 216 Å². The summed E-state index contributed by atoms with van der Waals surface area (Å²) in [6.07, 6.45) is 2.43. The number of halogens is 2. The molecule has 11 nitrogen and oxygen atoms in total. The summed E-state index contributed by atoms with van der Waals surface area (Å²) in [7, 11) is -2.55. The molecule has 0 aliphatic rings. The van der Waals surface area contributed by atoms with Crippen LogP contribution in [0, 0.1) is 7.27 Å². The van der Waals surface area contributed by atoms with Crippen molar-refractivity contribution in [2.45, 2.75) is 12.1 Å². The second-order valence-corrected chi connectivity index (χ2v) is 10.9. The fourth-order valence-electron chi connectivity index (χ4n) is 3.17. The van der Waals surface area contributed by atoms with E-state index in [1.54, 1.807) is 35.1 Å². The van der Waals surface area contributed by atoms with Gasteiger partial charge in [0.25, 0.3) is 16.0 Å². The third kappa shape index (κ3) is 6.30. The maximum Gasteiger partial charge on any atom is 0.275 e. The fraction of sp³-hybridized carbons (Fsp3) is 0.263. The fourth-order valence-corrected chi connectivity index (χ4v) is 4.57. The van der Waals surface area contributed by atoms with Gasteiger partial charge in [0.2, 0.25) is 5.43 Å². The molecule has 1 aromatic carbocycles. The summed E-state index contributed by atoms with van der Waals surface area (Å²) in [6, 6.07) is 8.31. The van der Waals surface area contributed by atoms with Crippen LogP contribution < -0.4 is 5.43 Å². The van der Waals surface area contributed by atoms with Gasteiger partial charge in [0, 0.05) is 13.2 Å². The van der Waals surface area contributed by atoms with Gasteiger partial charge in [-0.1, -0.05) is 30.3 Å². The van der Waals surface area contributed by atoms with Gasteiger partial charge in [0.05, 0.1) is 22.6 Å². The van der Waals surface area contributed by atoms with Crippen molar-refractivity contribution >= 4 is 61.2 Å². The Bertz CT molecular complexity index is 1290. The molecule has 1 amide bonds. The van der Waals surface area contributed by atoms with Gasteiger partial charge >= 0.3 is 0 Å². The molecule has 0 bridgehead atoms. The molecule has 0 saturated heterocycles. The summed E-state index contributed by atoms with van der Waals surface area (Å²) < 4.78 is 32.9. The number of hydrogen-bond acceptors (Lipinski definition) is 8. The molecule has 0 radical (unpaired) electrons. The molecule has 2 unspecified atom stereocenters. The first-order chi connectivity index (χ1) is 15.5. The lowest BCUT2D eigenvalue weighted by molar-refractivity contribution is 0.0655. The molecule has 0 aliphatic heterocycles. The predicted octanol–water partition coefficient (Wildman–Crippen LogP) is 1.59. The van der Waals surface area contributed by atoms with E-state index in [0.717, 1.165) is 24.6 Å². The highest BCUT2D eigenvalue weighted by molar-refractivity contribution is 14.1. The number of hydrogen-bond donors (Lipinski definition) is 2. The van der Waals surface area contributed by atoms with E-state index in [9.17, 15) is 23.1 Å². The number of likely N-dealkylation sites (N-methyl/N-ethyl adjacent to an activating group) is 1. The lowest BCUT2D eigenvalue weighted by atomic mass is 10.0.